The summed E-state index contributed by atoms with van der Waals surface area (Å²) in [6, 6.07) is 20.4. The number of pyridine rings is 1. The molecule has 0 amide bonds. The fourth-order valence-electron chi connectivity index (χ4n) is 4.61. The zero-order valence-corrected chi connectivity index (χ0v) is 19.6. The Balaban J connectivity index is 1.35. The number of aromatic nitrogens is 5. The van der Waals surface area contributed by atoms with Gasteiger partial charge >= 0.3 is 0 Å². The van der Waals surface area contributed by atoms with E-state index in [1.807, 2.05) is 22.6 Å². The third-order valence-electron chi connectivity index (χ3n) is 6.42. The van der Waals surface area contributed by atoms with Gasteiger partial charge in [0, 0.05) is 34.6 Å². The second kappa shape index (κ2) is 9.09. The third kappa shape index (κ3) is 4.02. The van der Waals surface area contributed by atoms with Gasteiger partial charge in [0.15, 0.2) is 11.5 Å². The molecule has 1 saturated heterocycles. The minimum absolute atomic E-state index is 0.309. The molecule has 0 aliphatic carbocycles. The number of ether oxygens (including phenoxy) is 1. The van der Waals surface area contributed by atoms with Crippen molar-refractivity contribution in [3.63, 3.8) is 0 Å². The molecule has 0 atom stereocenters. The van der Waals surface area contributed by atoms with E-state index in [1.165, 1.54) is 0 Å². The maximum absolute atomic E-state index is 9.30. The fourth-order valence-corrected chi connectivity index (χ4v) is 5.52. The van der Waals surface area contributed by atoms with Crippen LogP contribution in [-0.2, 0) is 10.2 Å². The van der Waals surface area contributed by atoms with Gasteiger partial charge in [-0.05, 0) is 60.9 Å². The zero-order valence-electron chi connectivity index (χ0n) is 18.8. The van der Waals surface area contributed by atoms with Crippen molar-refractivity contribution < 1.29 is 9.94 Å². The molecule has 1 aliphatic heterocycles. The largest absolute Gasteiger partial charge is 0.411 e. The lowest BCUT2D eigenvalue weighted by molar-refractivity contribution is 0.0713. The van der Waals surface area contributed by atoms with Crippen molar-refractivity contribution in [2.24, 2.45) is 5.16 Å². The Labute approximate surface area is 205 Å². The van der Waals surface area contributed by atoms with Crippen molar-refractivity contribution in [3.8, 4) is 11.5 Å². The van der Waals surface area contributed by atoms with Gasteiger partial charge in [0.05, 0.1) is 23.4 Å². The summed E-state index contributed by atoms with van der Waals surface area (Å²) in [5.41, 5.74) is 4.04. The predicted octanol–water partition coefficient (Wildman–Crippen LogP) is 5.00. The lowest BCUT2D eigenvalue weighted by Gasteiger charge is -2.34. The van der Waals surface area contributed by atoms with Crippen LogP contribution < -0.4 is 0 Å². The van der Waals surface area contributed by atoms with Crippen molar-refractivity contribution in [1.82, 2.24) is 24.6 Å². The molecule has 1 N–H and O–H groups in total. The van der Waals surface area contributed by atoms with Crippen LogP contribution in [0.1, 0.15) is 18.4 Å². The van der Waals surface area contributed by atoms with Gasteiger partial charge in [0.25, 0.3) is 0 Å². The van der Waals surface area contributed by atoms with E-state index in [0.717, 1.165) is 44.9 Å². The van der Waals surface area contributed by atoms with E-state index in [9.17, 15) is 5.21 Å². The van der Waals surface area contributed by atoms with Crippen LogP contribution in [0.4, 0.5) is 0 Å². The van der Waals surface area contributed by atoms with Gasteiger partial charge in [-0.3, -0.25) is 14.4 Å². The molecule has 3 aromatic heterocycles. The summed E-state index contributed by atoms with van der Waals surface area (Å²) < 4.78 is 7.54. The number of fused-ring (bicyclic) bond motifs is 3. The van der Waals surface area contributed by atoms with Crippen LogP contribution in [0, 0.1) is 0 Å². The molecule has 5 aromatic rings. The lowest BCUT2D eigenvalue weighted by Crippen LogP contribution is -2.35. The Morgan fingerprint density at radius 1 is 0.971 bits per heavy atom. The van der Waals surface area contributed by atoms with Gasteiger partial charge in [0.2, 0.25) is 0 Å². The van der Waals surface area contributed by atoms with Gasteiger partial charge in [-0.25, -0.2) is 0 Å². The number of hydrogen-bond acceptors (Lipinski definition) is 8. The summed E-state index contributed by atoms with van der Waals surface area (Å²) in [6.45, 7) is 1.30. The van der Waals surface area contributed by atoms with Crippen LogP contribution in [0.5, 0.6) is 0 Å². The Morgan fingerprint density at radius 2 is 1.86 bits per heavy atom. The topological polar surface area (TPSA) is 97.8 Å². The molecule has 9 heteroatoms. The van der Waals surface area contributed by atoms with Crippen LogP contribution in [0.25, 0.3) is 28.2 Å². The van der Waals surface area contributed by atoms with E-state index in [1.54, 1.807) is 30.4 Å². The highest BCUT2D eigenvalue weighted by Gasteiger charge is 2.33. The Hall–Kier alpha value is -3.82. The van der Waals surface area contributed by atoms with Crippen LogP contribution in [-0.4, -0.2) is 49.2 Å². The molecular formula is C26H22N6O2S. The highest BCUT2D eigenvalue weighted by atomic mass is 32.2. The summed E-state index contributed by atoms with van der Waals surface area (Å²) in [5.74, 6) is 0.688. The van der Waals surface area contributed by atoms with E-state index in [4.69, 9.17) is 4.74 Å². The quantitative estimate of drug-likeness (QED) is 0.214. The van der Waals surface area contributed by atoms with Crippen LogP contribution in [0.15, 0.2) is 88.0 Å². The molecule has 35 heavy (non-hydrogen) atoms. The number of oxime groups is 1. The number of nitrogens with zero attached hydrogens (tertiary/aromatic N) is 6. The van der Waals surface area contributed by atoms with Crippen LogP contribution in [0.3, 0.4) is 0 Å². The van der Waals surface area contributed by atoms with Gasteiger partial charge in [-0.2, -0.15) is 0 Å². The molecule has 4 heterocycles. The minimum atomic E-state index is -0.309. The van der Waals surface area contributed by atoms with Crippen molar-refractivity contribution in [2.75, 3.05) is 13.2 Å². The summed E-state index contributed by atoms with van der Waals surface area (Å²) in [7, 11) is 0. The molecule has 1 fully saturated rings. The van der Waals surface area contributed by atoms with E-state index in [0.29, 0.717) is 24.7 Å². The Bertz CT molecular complexity index is 1530. The van der Waals surface area contributed by atoms with E-state index in [2.05, 4.69) is 67.8 Å². The smallest absolute Gasteiger partial charge is 0.187 e. The van der Waals surface area contributed by atoms with Gasteiger partial charge in [-0.15, -0.1) is 15.4 Å². The molecule has 1 aliphatic rings. The molecular weight excluding hydrogens is 460 g/mol. The maximum Gasteiger partial charge on any atom is 0.187 e. The molecule has 0 bridgehead atoms. The summed E-state index contributed by atoms with van der Waals surface area (Å²) >= 11 is 1.67. The second-order valence-corrected chi connectivity index (χ2v) is 9.63. The first-order valence-electron chi connectivity index (χ1n) is 11.4. The molecule has 0 saturated carbocycles. The van der Waals surface area contributed by atoms with Gasteiger partial charge in [0.1, 0.15) is 5.69 Å². The van der Waals surface area contributed by atoms with Crippen molar-refractivity contribution in [3.05, 3.63) is 78.6 Å². The minimum Gasteiger partial charge on any atom is -0.411 e. The normalized spacial score (nSPS) is 15.8. The summed E-state index contributed by atoms with van der Waals surface area (Å²) in [5, 5.41) is 21.3. The summed E-state index contributed by atoms with van der Waals surface area (Å²) in [4.78, 5) is 11.2. The van der Waals surface area contributed by atoms with Crippen LogP contribution in [0.2, 0.25) is 0 Å². The third-order valence-corrected chi connectivity index (χ3v) is 7.40. The zero-order chi connectivity index (χ0) is 23.7. The lowest BCUT2D eigenvalue weighted by atomic mass is 9.75. The Morgan fingerprint density at radius 3 is 2.69 bits per heavy atom. The average Bonchev–Trinajstić information content (AvgIpc) is 3.35. The monoisotopic (exact) mass is 482 g/mol. The molecule has 0 unspecified atom stereocenters. The number of hydrogen-bond donors (Lipinski definition) is 1. The van der Waals surface area contributed by atoms with Crippen molar-refractivity contribution >= 4 is 34.7 Å². The average molecular weight is 483 g/mol. The van der Waals surface area contributed by atoms with E-state index in [-0.39, 0.29) is 5.41 Å². The fraction of sp³-hybridized carbons (Fsp3) is 0.192. The molecule has 6 rings (SSSR count). The van der Waals surface area contributed by atoms with Crippen molar-refractivity contribution in [1.29, 1.82) is 0 Å². The first kappa shape index (κ1) is 21.7. The predicted molar refractivity (Wildman–Crippen MR) is 134 cm³/mol. The molecule has 0 spiro atoms. The molecule has 0 radical (unpaired) electrons. The molecule has 174 valence electrons. The molecule has 2 aromatic carbocycles. The maximum atomic E-state index is 9.30. The molecule has 8 nitrogen and oxygen atoms in total. The first-order chi connectivity index (χ1) is 17.3. The van der Waals surface area contributed by atoms with Gasteiger partial charge < -0.3 is 9.94 Å². The standard InChI is InChI=1S/C26H22N6O2S/c33-29-17-26(9-12-34-13-10-26)18-4-3-5-19(14-18)35-20-7-8-23-22(15-20)28-16-24-30-31-25(32(23)24)21-6-1-2-11-27-21/h1-8,11,14-17,33H,9-10,12-13H2. The highest BCUT2D eigenvalue weighted by molar-refractivity contribution is 7.99. The van der Waals surface area contributed by atoms with Crippen molar-refractivity contribution in [2.45, 2.75) is 28.0 Å². The van der Waals surface area contributed by atoms with Gasteiger partial charge in [-0.1, -0.05) is 30.0 Å². The first-order valence-corrected chi connectivity index (χ1v) is 12.2. The number of rotatable bonds is 5. The van der Waals surface area contributed by atoms with E-state index < -0.39 is 0 Å². The van der Waals surface area contributed by atoms with E-state index >= 15 is 0 Å². The highest BCUT2D eigenvalue weighted by Crippen LogP contribution is 2.37. The second-order valence-electron chi connectivity index (χ2n) is 8.48. The Kier molecular flexibility index (Phi) is 5.63. The van der Waals surface area contributed by atoms with Crippen LogP contribution >= 0.6 is 11.8 Å². The SMILES string of the molecule is ON=CC1(c2cccc(Sc3ccc4c(c3)ncc3nnc(-c5ccccn5)n34)c2)CCOCC1. The summed E-state index contributed by atoms with van der Waals surface area (Å²) in [6.07, 6.45) is 6.72. The number of benzene rings is 2.